The van der Waals surface area contributed by atoms with E-state index in [9.17, 15) is 22.8 Å². The van der Waals surface area contributed by atoms with Crippen molar-refractivity contribution in [2.24, 2.45) is 0 Å². The van der Waals surface area contributed by atoms with E-state index in [-0.39, 0.29) is 42.2 Å². The maximum atomic E-state index is 13.4. The van der Waals surface area contributed by atoms with E-state index in [2.05, 4.69) is 31.2 Å². The summed E-state index contributed by atoms with van der Waals surface area (Å²) < 4.78 is 40.2. The third kappa shape index (κ3) is 5.75. The molecule has 1 saturated carbocycles. The number of rotatable bonds is 7. The van der Waals surface area contributed by atoms with Crippen molar-refractivity contribution in [2.45, 2.75) is 63.7 Å². The molecule has 1 fully saturated rings. The molecular formula is C23H27F3N6O2. The Morgan fingerprint density at radius 2 is 1.94 bits per heavy atom. The Hall–Kier alpha value is -3.37. The number of carbonyl (C=O) groups is 2. The number of anilines is 3. The minimum absolute atomic E-state index is 0.00890. The van der Waals surface area contributed by atoms with Crippen LogP contribution in [-0.4, -0.2) is 34.4 Å². The van der Waals surface area contributed by atoms with Gasteiger partial charge in [0.05, 0.1) is 12.6 Å². The number of nitrogens with zero attached hydrogens (tertiary/aromatic N) is 2. The van der Waals surface area contributed by atoms with E-state index in [1.807, 2.05) is 12.1 Å². The van der Waals surface area contributed by atoms with Crippen molar-refractivity contribution in [2.75, 3.05) is 17.2 Å². The summed E-state index contributed by atoms with van der Waals surface area (Å²) in [6.07, 6.45) is 1.34. The lowest BCUT2D eigenvalue weighted by Gasteiger charge is -2.28. The minimum Gasteiger partial charge on any atom is -0.367 e. The van der Waals surface area contributed by atoms with Gasteiger partial charge in [-0.1, -0.05) is 6.07 Å². The van der Waals surface area contributed by atoms with Crippen LogP contribution in [0, 0.1) is 0 Å². The first-order valence-corrected chi connectivity index (χ1v) is 11.3. The van der Waals surface area contributed by atoms with E-state index in [1.165, 1.54) is 6.92 Å². The Morgan fingerprint density at radius 3 is 2.62 bits per heavy atom. The van der Waals surface area contributed by atoms with Crippen molar-refractivity contribution in [1.82, 2.24) is 20.6 Å². The molecule has 2 aliphatic rings. The molecule has 2 aromatic rings. The highest BCUT2D eigenvalue weighted by atomic mass is 19.4. The molecule has 1 aromatic heterocycles. The highest BCUT2D eigenvalue weighted by Gasteiger charge is 2.36. The number of aryl methyl sites for hydroxylation is 1. The average molecular weight is 477 g/mol. The topological polar surface area (TPSA) is 108 Å². The standard InChI is InChI=1S/C23H27F3N6O2/c1-13(33)27-12-20(34)31-19-7-2-4-14-10-16(8-9-17(14)19)30-22-28-11-18(23(24,25)26)21(32-22)29-15-5-3-6-15/h8-11,15,19H,2-7,12H2,1H3,(H,27,33)(H,31,34)(H2,28,29,30,32)/t19-/m0/s1. The van der Waals surface area contributed by atoms with Gasteiger partial charge in [0.15, 0.2) is 0 Å². The Balaban J connectivity index is 1.49. The van der Waals surface area contributed by atoms with Gasteiger partial charge >= 0.3 is 6.18 Å². The molecular weight excluding hydrogens is 449 g/mol. The summed E-state index contributed by atoms with van der Waals surface area (Å²) >= 11 is 0. The number of halogens is 3. The molecule has 4 N–H and O–H groups in total. The van der Waals surface area contributed by atoms with Gasteiger partial charge in [0.1, 0.15) is 11.4 Å². The highest BCUT2D eigenvalue weighted by Crippen LogP contribution is 2.36. The van der Waals surface area contributed by atoms with Gasteiger partial charge in [-0.05, 0) is 61.8 Å². The Bertz CT molecular complexity index is 1070. The number of hydrogen-bond acceptors (Lipinski definition) is 6. The first kappa shape index (κ1) is 23.8. The monoisotopic (exact) mass is 476 g/mol. The molecule has 34 heavy (non-hydrogen) atoms. The molecule has 0 spiro atoms. The van der Waals surface area contributed by atoms with Crippen LogP contribution in [0.15, 0.2) is 24.4 Å². The van der Waals surface area contributed by atoms with Gasteiger partial charge in [0.2, 0.25) is 17.8 Å². The minimum atomic E-state index is -4.55. The number of aromatic nitrogens is 2. The van der Waals surface area contributed by atoms with Gasteiger partial charge in [0, 0.05) is 24.8 Å². The predicted octanol–water partition coefficient (Wildman–Crippen LogP) is 3.83. The van der Waals surface area contributed by atoms with Gasteiger partial charge < -0.3 is 21.3 Å². The second kappa shape index (κ2) is 9.86. The van der Waals surface area contributed by atoms with Crippen LogP contribution >= 0.6 is 0 Å². The average Bonchev–Trinajstić information content (AvgIpc) is 2.74. The highest BCUT2D eigenvalue weighted by molar-refractivity contribution is 5.84. The van der Waals surface area contributed by atoms with Crippen LogP contribution in [0.1, 0.15) is 61.8 Å². The summed E-state index contributed by atoms with van der Waals surface area (Å²) in [6, 6.07) is 5.40. The lowest BCUT2D eigenvalue weighted by Crippen LogP contribution is -2.38. The van der Waals surface area contributed by atoms with Crippen LogP contribution in [0.3, 0.4) is 0 Å². The molecule has 1 heterocycles. The lowest BCUT2D eigenvalue weighted by atomic mass is 9.87. The zero-order valence-electron chi connectivity index (χ0n) is 18.8. The van der Waals surface area contributed by atoms with Crippen LogP contribution in [0.2, 0.25) is 0 Å². The molecule has 0 unspecified atom stereocenters. The summed E-state index contributed by atoms with van der Waals surface area (Å²) in [7, 11) is 0. The van der Waals surface area contributed by atoms with Gasteiger partial charge in [-0.25, -0.2) is 4.98 Å². The quantitative estimate of drug-likeness (QED) is 0.484. The molecule has 182 valence electrons. The molecule has 4 rings (SSSR count). The summed E-state index contributed by atoms with van der Waals surface area (Å²) in [5.41, 5.74) is 1.78. The SMILES string of the molecule is CC(=O)NCC(=O)N[C@H]1CCCc2cc(Nc3ncc(C(F)(F)F)c(NC4CCC4)n3)ccc21. The molecule has 1 aromatic carbocycles. The van der Waals surface area contributed by atoms with E-state index in [0.29, 0.717) is 5.69 Å². The predicted molar refractivity (Wildman–Crippen MR) is 121 cm³/mol. The summed E-state index contributed by atoms with van der Waals surface area (Å²) in [5, 5.41) is 11.3. The first-order chi connectivity index (χ1) is 16.2. The second-order valence-corrected chi connectivity index (χ2v) is 8.69. The zero-order valence-corrected chi connectivity index (χ0v) is 18.8. The van der Waals surface area contributed by atoms with Crippen LogP contribution in [0.25, 0.3) is 0 Å². The number of hydrogen-bond donors (Lipinski definition) is 4. The largest absolute Gasteiger partial charge is 0.421 e. The number of benzene rings is 1. The van der Waals surface area contributed by atoms with E-state index < -0.39 is 11.7 Å². The van der Waals surface area contributed by atoms with Crippen molar-refractivity contribution in [1.29, 1.82) is 0 Å². The second-order valence-electron chi connectivity index (χ2n) is 8.69. The summed E-state index contributed by atoms with van der Waals surface area (Å²) in [4.78, 5) is 31.1. The normalized spacial score (nSPS) is 17.8. The zero-order chi connectivity index (χ0) is 24.3. The molecule has 2 amide bonds. The maximum Gasteiger partial charge on any atom is 0.421 e. The Morgan fingerprint density at radius 1 is 1.15 bits per heavy atom. The molecule has 0 bridgehead atoms. The van der Waals surface area contributed by atoms with E-state index in [1.54, 1.807) is 6.07 Å². The van der Waals surface area contributed by atoms with Crippen LogP contribution in [0.5, 0.6) is 0 Å². The molecule has 1 atom stereocenters. The van der Waals surface area contributed by atoms with Gasteiger partial charge in [0.25, 0.3) is 0 Å². The van der Waals surface area contributed by atoms with E-state index >= 15 is 0 Å². The number of fused-ring (bicyclic) bond motifs is 1. The molecule has 0 saturated heterocycles. The summed E-state index contributed by atoms with van der Waals surface area (Å²) in [5.74, 6) is -0.674. The molecule has 0 aliphatic heterocycles. The Kier molecular flexibility index (Phi) is 6.90. The van der Waals surface area contributed by atoms with Gasteiger partial charge in [-0.2, -0.15) is 18.2 Å². The van der Waals surface area contributed by atoms with Crippen LogP contribution in [-0.2, 0) is 22.2 Å². The van der Waals surface area contributed by atoms with Crippen molar-refractivity contribution in [3.63, 3.8) is 0 Å². The smallest absolute Gasteiger partial charge is 0.367 e. The third-order valence-electron chi connectivity index (χ3n) is 6.09. The summed E-state index contributed by atoms with van der Waals surface area (Å²) in [6.45, 7) is 1.27. The fraction of sp³-hybridized carbons (Fsp3) is 0.478. The van der Waals surface area contributed by atoms with Gasteiger partial charge in [-0.3, -0.25) is 9.59 Å². The van der Waals surface area contributed by atoms with Crippen LogP contribution in [0.4, 0.5) is 30.6 Å². The van der Waals surface area contributed by atoms with Crippen molar-refractivity contribution >= 4 is 29.3 Å². The fourth-order valence-corrected chi connectivity index (χ4v) is 4.13. The van der Waals surface area contributed by atoms with Crippen molar-refractivity contribution in [3.8, 4) is 0 Å². The number of alkyl halides is 3. The number of carbonyl (C=O) groups excluding carboxylic acids is 2. The molecule has 0 radical (unpaired) electrons. The third-order valence-corrected chi connectivity index (χ3v) is 6.09. The molecule has 11 heteroatoms. The first-order valence-electron chi connectivity index (χ1n) is 11.3. The number of nitrogens with one attached hydrogen (secondary N) is 4. The van der Waals surface area contributed by atoms with Crippen LogP contribution < -0.4 is 21.3 Å². The lowest BCUT2D eigenvalue weighted by molar-refractivity contribution is -0.137. The fourth-order valence-electron chi connectivity index (χ4n) is 4.13. The van der Waals surface area contributed by atoms with Crippen molar-refractivity contribution < 1.29 is 22.8 Å². The van der Waals surface area contributed by atoms with E-state index in [4.69, 9.17) is 0 Å². The molecule has 8 nitrogen and oxygen atoms in total. The Labute approximate surface area is 195 Å². The van der Waals surface area contributed by atoms with Crippen molar-refractivity contribution in [3.05, 3.63) is 41.1 Å². The van der Waals surface area contributed by atoms with Gasteiger partial charge in [-0.15, -0.1) is 0 Å². The van der Waals surface area contributed by atoms with E-state index in [0.717, 1.165) is 55.8 Å². The molecule has 2 aliphatic carbocycles. The number of amides is 2. The maximum absolute atomic E-state index is 13.4.